The molecule has 7 heteroatoms. The number of rotatable bonds is 2. The Balaban J connectivity index is 1.90. The molecular formula is C17H11FN4OS. The normalized spacial score (nSPS) is 11.1. The van der Waals surface area contributed by atoms with E-state index in [4.69, 9.17) is 0 Å². The van der Waals surface area contributed by atoms with E-state index >= 15 is 0 Å². The first kappa shape index (κ1) is 14.6. The minimum Gasteiger partial charge on any atom is -0.265 e. The highest BCUT2D eigenvalue weighted by Crippen LogP contribution is 2.26. The van der Waals surface area contributed by atoms with Crippen molar-refractivity contribution in [1.82, 2.24) is 19.8 Å². The average molecular weight is 338 g/mol. The minimum atomic E-state index is -0.392. The highest BCUT2D eigenvalue weighted by molar-refractivity contribution is 7.19. The fraction of sp³-hybridized carbons (Fsp3) is 0.0588. The Morgan fingerprint density at radius 3 is 2.54 bits per heavy atom. The fourth-order valence-electron chi connectivity index (χ4n) is 2.35. The minimum absolute atomic E-state index is 0.220. The number of nitrogens with zero attached hydrogens (tertiary/aromatic N) is 4. The van der Waals surface area contributed by atoms with Gasteiger partial charge < -0.3 is 0 Å². The van der Waals surface area contributed by atoms with Gasteiger partial charge in [-0.25, -0.2) is 4.39 Å². The molecule has 0 fully saturated rings. The molecular weight excluding hydrogens is 327 g/mol. The first-order chi connectivity index (χ1) is 11.6. The molecule has 0 aliphatic carbocycles. The van der Waals surface area contributed by atoms with Gasteiger partial charge in [0.15, 0.2) is 10.7 Å². The molecule has 0 radical (unpaired) electrons. The molecule has 0 saturated carbocycles. The maximum atomic E-state index is 13.9. The zero-order chi connectivity index (χ0) is 16.7. The number of hydrogen-bond donors (Lipinski definition) is 0. The van der Waals surface area contributed by atoms with Gasteiger partial charge in [-0.2, -0.15) is 9.61 Å². The van der Waals surface area contributed by atoms with E-state index in [1.165, 1.54) is 10.6 Å². The van der Waals surface area contributed by atoms with Gasteiger partial charge >= 0.3 is 5.56 Å². The van der Waals surface area contributed by atoms with Crippen molar-refractivity contribution in [1.29, 1.82) is 0 Å². The summed E-state index contributed by atoms with van der Waals surface area (Å²) in [4.78, 5) is 13.0. The van der Waals surface area contributed by atoms with Gasteiger partial charge in [0.2, 0.25) is 4.96 Å². The Bertz CT molecular complexity index is 1100. The van der Waals surface area contributed by atoms with Crippen molar-refractivity contribution in [2.45, 2.75) is 6.92 Å². The number of fused-ring (bicyclic) bond motifs is 1. The van der Waals surface area contributed by atoms with E-state index in [1.807, 2.05) is 31.2 Å². The molecule has 0 bridgehead atoms. The third-order valence-corrected chi connectivity index (χ3v) is 4.55. The molecule has 0 N–H and O–H groups in total. The molecule has 0 amide bonds. The molecule has 2 aromatic heterocycles. The van der Waals surface area contributed by atoms with Crippen LogP contribution in [-0.4, -0.2) is 19.8 Å². The van der Waals surface area contributed by atoms with Gasteiger partial charge in [-0.1, -0.05) is 53.3 Å². The van der Waals surface area contributed by atoms with E-state index in [9.17, 15) is 9.18 Å². The summed E-state index contributed by atoms with van der Waals surface area (Å²) in [6.07, 6.45) is 0. The maximum Gasteiger partial charge on any atom is 0.302 e. The smallest absolute Gasteiger partial charge is 0.265 e. The van der Waals surface area contributed by atoms with Crippen molar-refractivity contribution in [2.24, 2.45) is 0 Å². The molecule has 0 atom stereocenters. The lowest BCUT2D eigenvalue weighted by atomic mass is 10.1. The van der Waals surface area contributed by atoms with Crippen LogP contribution in [0.4, 0.5) is 4.39 Å². The van der Waals surface area contributed by atoms with E-state index in [2.05, 4.69) is 15.3 Å². The largest absolute Gasteiger partial charge is 0.302 e. The molecule has 0 unspecified atom stereocenters. The van der Waals surface area contributed by atoms with E-state index in [0.29, 0.717) is 21.1 Å². The SMILES string of the molecule is Cc1ccc(-c2nnc3sc(-c4ccccc4F)nn3c2=O)cc1. The van der Waals surface area contributed by atoms with Crippen molar-refractivity contribution in [3.8, 4) is 21.8 Å². The Kier molecular flexibility index (Phi) is 3.42. The molecule has 5 nitrogen and oxygen atoms in total. The van der Waals surface area contributed by atoms with Crippen LogP contribution in [0.3, 0.4) is 0 Å². The summed E-state index contributed by atoms with van der Waals surface area (Å²) in [5.41, 5.74) is 1.95. The van der Waals surface area contributed by atoms with Crippen LogP contribution < -0.4 is 5.56 Å². The Labute approximate surface area is 140 Å². The molecule has 0 saturated heterocycles. The summed E-state index contributed by atoms with van der Waals surface area (Å²) in [5.74, 6) is -0.392. The van der Waals surface area contributed by atoms with E-state index < -0.39 is 5.82 Å². The van der Waals surface area contributed by atoms with E-state index in [-0.39, 0.29) is 11.3 Å². The van der Waals surface area contributed by atoms with Crippen LogP contribution in [0.1, 0.15) is 5.56 Å². The first-order valence-electron chi connectivity index (χ1n) is 7.22. The molecule has 2 aromatic carbocycles. The van der Waals surface area contributed by atoms with Gasteiger partial charge in [-0.05, 0) is 19.1 Å². The second-order valence-corrected chi connectivity index (χ2v) is 6.26. The monoisotopic (exact) mass is 338 g/mol. The van der Waals surface area contributed by atoms with Crippen LogP contribution in [0.2, 0.25) is 0 Å². The van der Waals surface area contributed by atoms with Gasteiger partial charge in [0.05, 0.1) is 0 Å². The van der Waals surface area contributed by atoms with Crippen LogP contribution in [0, 0.1) is 12.7 Å². The van der Waals surface area contributed by atoms with Gasteiger partial charge in [0.25, 0.3) is 0 Å². The third kappa shape index (κ3) is 2.39. The number of aryl methyl sites for hydroxylation is 1. The van der Waals surface area contributed by atoms with Crippen LogP contribution in [0.25, 0.3) is 26.8 Å². The van der Waals surface area contributed by atoms with Crippen LogP contribution in [-0.2, 0) is 0 Å². The van der Waals surface area contributed by atoms with E-state index in [0.717, 1.165) is 16.9 Å². The van der Waals surface area contributed by atoms with Crippen LogP contribution >= 0.6 is 11.3 Å². The van der Waals surface area contributed by atoms with Crippen molar-refractivity contribution in [3.63, 3.8) is 0 Å². The highest BCUT2D eigenvalue weighted by atomic mass is 32.1. The van der Waals surface area contributed by atoms with Gasteiger partial charge in [-0.3, -0.25) is 4.79 Å². The summed E-state index contributed by atoms with van der Waals surface area (Å²) >= 11 is 1.12. The third-order valence-electron chi connectivity index (χ3n) is 3.62. The number of benzene rings is 2. The number of hydrogen-bond acceptors (Lipinski definition) is 5. The number of aromatic nitrogens is 4. The Morgan fingerprint density at radius 2 is 1.79 bits per heavy atom. The molecule has 24 heavy (non-hydrogen) atoms. The van der Waals surface area contributed by atoms with Crippen molar-refractivity contribution in [2.75, 3.05) is 0 Å². The second kappa shape index (κ2) is 5.61. The molecule has 0 spiro atoms. The van der Waals surface area contributed by atoms with Crippen molar-refractivity contribution < 1.29 is 4.39 Å². The topological polar surface area (TPSA) is 60.1 Å². The zero-order valence-corrected chi connectivity index (χ0v) is 13.4. The maximum absolute atomic E-state index is 13.9. The van der Waals surface area contributed by atoms with Crippen molar-refractivity contribution in [3.05, 3.63) is 70.3 Å². The summed E-state index contributed by atoms with van der Waals surface area (Å²) in [6, 6.07) is 13.7. The van der Waals surface area contributed by atoms with Crippen LogP contribution in [0.15, 0.2) is 53.3 Å². The fourth-order valence-corrected chi connectivity index (χ4v) is 3.21. The summed E-state index contributed by atoms with van der Waals surface area (Å²) in [5, 5.41) is 12.7. The second-order valence-electron chi connectivity index (χ2n) is 5.30. The molecule has 4 aromatic rings. The summed E-state index contributed by atoms with van der Waals surface area (Å²) < 4.78 is 15.1. The molecule has 0 aliphatic rings. The van der Waals surface area contributed by atoms with Gasteiger partial charge in [0.1, 0.15) is 5.82 Å². The van der Waals surface area contributed by atoms with Crippen LogP contribution in [0.5, 0.6) is 0 Å². The van der Waals surface area contributed by atoms with Gasteiger partial charge in [-0.15, -0.1) is 10.2 Å². The average Bonchev–Trinajstić information content (AvgIpc) is 3.02. The molecule has 2 heterocycles. The first-order valence-corrected chi connectivity index (χ1v) is 8.03. The molecule has 118 valence electrons. The highest BCUT2D eigenvalue weighted by Gasteiger charge is 2.15. The standard InChI is InChI=1S/C17H11FN4OS/c1-10-6-8-11(9-7-10)14-16(23)22-17(20-19-14)24-15(21-22)12-4-2-3-5-13(12)18/h2-9H,1H3. The van der Waals surface area contributed by atoms with E-state index in [1.54, 1.807) is 18.2 Å². The molecule has 4 rings (SSSR count). The summed E-state index contributed by atoms with van der Waals surface area (Å²) in [6.45, 7) is 1.96. The Morgan fingerprint density at radius 1 is 1.04 bits per heavy atom. The lowest BCUT2D eigenvalue weighted by molar-refractivity contribution is 0.630. The molecule has 0 aliphatic heterocycles. The number of halogens is 1. The zero-order valence-electron chi connectivity index (χ0n) is 12.6. The lowest BCUT2D eigenvalue weighted by Crippen LogP contribution is -2.19. The quantitative estimate of drug-likeness (QED) is 0.562. The van der Waals surface area contributed by atoms with Gasteiger partial charge in [0, 0.05) is 11.1 Å². The predicted molar refractivity (Wildman–Crippen MR) is 90.5 cm³/mol. The summed E-state index contributed by atoms with van der Waals surface area (Å²) in [7, 11) is 0. The predicted octanol–water partition coefficient (Wildman–Crippen LogP) is 3.33. The lowest BCUT2D eigenvalue weighted by Gasteiger charge is -1.99. The van der Waals surface area contributed by atoms with Crippen molar-refractivity contribution >= 4 is 16.3 Å². The Hall–Kier alpha value is -2.93.